The Morgan fingerprint density at radius 3 is 2.64 bits per heavy atom. The van der Waals surface area contributed by atoms with Crippen molar-refractivity contribution in [2.45, 2.75) is 0 Å². The molecule has 0 saturated carbocycles. The van der Waals surface area contributed by atoms with Crippen LogP contribution < -0.4 is 5.48 Å². The largest absolute Gasteiger partial charge is 0.327 e. The van der Waals surface area contributed by atoms with Gasteiger partial charge in [-0.2, -0.15) is 0 Å². The van der Waals surface area contributed by atoms with E-state index < -0.39 is 11.9 Å². The number of hydrogen-bond acceptors (Lipinski definition) is 4. The zero-order chi connectivity index (χ0) is 10.7. The Morgan fingerprint density at radius 1 is 1.57 bits per heavy atom. The van der Waals surface area contributed by atoms with Crippen LogP contribution in [0.3, 0.4) is 0 Å². The maximum Gasteiger partial charge on any atom is 0.327 e. The molecular weight excluding hydrogens is 190 g/mol. The van der Waals surface area contributed by atoms with E-state index >= 15 is 0 Å². The molecule has 0 atom stereocenters. The second-order valence-corrected chi connectivity index (χ2v) is 2.85. The molecule has 4 amide bonds. The first kappa shape index (κ1) is 10.5. The van der Waals surface area contributed by atoms with E-state index in [1.54, 1.807) is 0 Å². The summed E-state index contributed by atoms with van der Waals surface area (Å²) >= 11 is 0. The first-order valence-corrected chi connectivity index (χ1v) is 3.93. The van der Waals surface area contributed by atoms with Crippen molar-refractivity contribution in [3.05, 3.63) is 0 Å². The van der Waals surface area contributed by atoms with Crippen LogP contribution in [0.4, 0.5) is 4.79 Å². The highest BCUT2D eigenvalue weighted by atomic mass is 16.6. The summed E-state index contributed by atoms with van der Waals surface area (Å²) < 4.78 is 0. The molecule has 0 aromatic carbocycles. The SMILES string of the molecule is CONC(=O)CN1C(=O)CN(C)C1=O. The van der Waals surface area contributed by atoms with E-state index in [1.165, 1.54) is 19.1 Å². The number of hydrogen-bond donors (Lipinski definition) is 1. The fourth-order valence-electron chi connectivity index (χ4n) is 1.11. The number of carbonyl (C=O) groups is 3. The average Bonchev–Trinajstić information content (AvgIpc) is 2.33. The smallest absolute Gasteiger partial charge is 0.318 e. The zero-order valence-corrected chi connectivity index (χ0v) is 7.94. The van der Waals surface area contributed by atoms with Crippen molar-refractivity contribution in [1.29, 1.82) is 0 Å². The maximum absolute atomic E-state index is 11.3. The molecule has 1 saturated heterocycles. The van der Waals surface area contributed by atoms with Gasteiger partial charge in [0.1, 0.15) is 13.1 Å². The summed E-state index contributed by atoms with van der Waals surface area (Å²) in [5.74, 6) is -0.923. The van der Waals surface area contributed by atoms with E-state index in [0.717, 1.165) is 4.90 Å². The quantitative estimate of drug-likeness (QED) is 0.448. The molecule has 1 rings (SSSR count). The minimum Gasteiger partial charge on any atom is -0.318 e. The van der Waals surface area contributed by atoms with Gasteiger partial charge in [0.15, 0.2) is 0 Å². The van der Waals surface area contributed by atoms with E-state index in [0.29, 0.717) is 0 Å². The Hall–Kier alpha value is -1.63. The highest BCUT2D eigenvalue weighted by Crippen LogP contribution is 2.06. The van der Waals surface area contributed by atoms with E-state index in [-0.39, 0.29) is 19.0 Å². The van der Waals surface area contributed by atoms with Gasteiger partial charge in [-0.15, -0.1) is 0 Å². The maximum atomic E-state index is 11.3. The number of imide groups is 1. The third-order valence-corrected chi connectivity index (χ3v) is 1.75. The molecule has 0 spiro atoms. The molecule has 78 valence electrons. The van der Waals surface area contributed by atoms with Crippen molar-refractivity contribution in [2.75, 3.05) is 27.2 Å². The van der Waals surface area contributed by atoms with Gasteiger partial charge in [0.25, 0.3) is 11.8 Å². The van der Waals surface area contributed by atoms with Crippen molar-refractivity contribution in [1.82, 2.24) is 15.3 Å². The lowest BCUT2D eigenvalue weighted by Crippen LogP contribution is -2.40. The van der Waals surface area contributed by atoms with Crippen molar-refractivity contribution < 1.29 is 19.2 Å². The van der Waals surface area contributed by atoms with Crippen LogP contribution in [0.2, 0.25) is 0 Å². The monoisotopic (exact) mass is 201 g/mol. The molecule has 1 aliphatic heterocycles. The van der Waals surface area contributed by atoms with Gasteiger partial charge in [-0.25, -0.2) is 10.3 Å². The van der Waals surface area contributed by atoms with Gasteiger partial charge in [0.05, 0.1) is 7.11 Å². The summed E-state index contributed by atoms with van der Waals surface area (Å²) in [5, 5.41) is 0. The molecule has 7 heteroatoms. The number of nitrogens with zero attached hydrogens (tertiary/aromatic N) is 2. The molecular formula is C7H11N3O4. The predicted octanol–water partition coefficient (Wildman–Crippen LogP) is -1.44. The van der Waals surface area contributed by atoms with Crippen molar-refractivity contribution in [3.63, 3.8) is 0 Å². The summed E-state index contributed by atoms with van der Waals surface area (Å²) in [6.45, 7) is -0.297. The van der Waals surface area contributed by atoms with Gasteiger partial charge in [-0.05, 0) is 0 Å². The zero-order valence-electron chi connectivity index (χ0n) is 7.94. The summed E-state index contributed by atoms with van der Waals surface area (Å²) in [5.41, 5.74) is 2.02. The molecule has 0 unspecified atom stereocenters. The summed E-state index contributed by atoms with van der Waals surface area (Å²) in [6.07, 6.45) is 0. The predicted molar refractivity (Wildman–Crippen MR) is 44.9 cm³/mol. The first-order chi connectivity index (χ1) is 6.56. The van der Waals surface area contributed by atoms with Gasteiger partial charge in [-0.1, -0.05) is 0 Å². The van der Waals surface area contributed by atoms with Crippen molar-refractivity contribution >= 4 is 17.8 Å². The summed E-state index contributed by atoms with van der Waals surface area (Å²) in [7, 11) is 2.77. The minimum absolute atomic E-state index is 0.0130. The van der Waals surface area contributed by atoms with Gasteiger partial charge >= 0.3 is 6.03 Å². The number of likely N-dealkylation sites (N-methyl/N-ethyl adjacent to an activating group) is 1. The fourth-order valence-corrected chi connectivity index (χ4v) is 1.11. The van der Waals surface area contributed by atoms with Crippen LogP contribution in [0.25, 0.3) is 0 Å². The molecule has 1 fully saturated rings. The van der Waals surface area contributed by atoms with E-state index in [9.17, 15) is 14.4 Å². The molecule has 14 heavy (non-hydrogen) atoms. The van der Waals surface area contributed by atoms with Crippen LogP contribution in [-0.2, 0) is 14.4 Å². The molecule has 7 nitrogen and oxygen atoms in total. The Bertz CT molecular complexity index is 278. The third kappa shape index (κ3) is 1.99. The van der Waals surface area contributed by atoms with Crippen LogP contribution in [0, 0.1) is 0 Å². The molecule has 0 aromatic heterocycles. The van der Waals surface area contributed by atoms with Crippen LogP contribution in [0.15, 0.2) is 0 Å². The lowest BCUT2D eigenvalue weighted by molar-refractivity contribution is -0.136. The van der Waals surface area contributed by atoms with Crippen LogP contribution >= 0.6 is 0 Å². The number of amides is 4. The van der Waals surface area contributed by atoms with Crippen LogP contribution in [0.1, 0.15) is 0 Å². The van der Waals surface area contributed by atoms with Crippen molar-refractivity contribution in [2.24, 2.45) is 0 Å². The normalized spacial score (nSPS) is 16.4. The van der Waals surface area contributed by atoms with Crippen LogP contribution in [0.5, 0.6) is 0 Å². The third-order valence-electron chi connectivity index (χ3n) is 1.75. The second kappa shape index (κ2) is 4.05. The van der Waals surface area contributed by atoms with Gasteiger partial charge in [0, 0.05) is 7.05 Å². The van der Waals surface area contributed by atoms with Crippen molar-refractivity contribution in [3.8, 4) is 0 Å². The Labute approximate surface area is 80.5 Å². The lowest BCUT2D eigenvalue weighted by atomic mass is 10.5. The molecule has 1 aliphatic rings. The van der Waals surface area contributed by atoms with Gasteiger partial charge in [-0.3, -0.25) is 19.3 Å². The molecule has 0 bridgehead atoms. The summed E-state index contributed by atoms with van der Waals surface area (Å²) in [6, 6.07) is -0.471. The van der Waals surface area contributed by atoms with Crippen LogP contribution in [-0.4, -0.2) is 54.9 Å². The molecule has 1 heterocycles. The number of hydroxylamine groups is 1. The topological polar surface area (TPSA) is 79.0 Å². The Kier molecular flexibility index (Phi) is 3.03. The molecule has 0 aliphatic carbocycles. The number of urea groups is 1. The summed E-state index contributed by atoms with van der Waals surface area (Å²) in [4.78, 5) is 39.9. The average molecular weight is 201 g/mol. The van der Waals surface area contributed by atoms with E-state index in [4.69, 9.17) is 0 Å². The highest BCUT2D eigenvalue weighted by Gasteiger charge is 2.34. The molecule has 0 radical (unpaired) electrons. The van der Waals surface area contributed by atoms with E-state index in [2.05, 4.69) is 4.84 Å². The molecule has 1 N–H and O–H groups in total. The van der Waals surface area contributed by atoms with Gasteiger partial charge < -0.3 is 4.90 Å². The van der Waals surface area contributed by atoms with Gasteiger partial charge in [0.2, 0.25) is 0 Å². The molecule has 0 aromatic rings. The fraction of sp³-hybridized carbons (Fsp3) is 0.571. The number of rotatable bonds is 3. The number of carbonyl (C=O) groups excluding carboxylic acids is 3. The van der Waals surface area contributed by atoms with E-state index in [1.807, 2.05) is 5.48 Å². The highest BCUT2D eigenvalue weighted by molar-refractivity contribution is 6.04. The Balaban J connectivity index is 2.56. The standard InChI is InChI=1S/C7H11N3O4/c1-9-4-6(12)10(7(9)13)3-5(11)8-14-2/h3-4H2,1-2H3,(H,8,11). The number of nitrogens with one attached hydrogen (secondary N) is 1. The Morgan fingerprint density at radius 2 is 2.21 bits per heavy atom. The second-order valence-electron chi connectivity index (χ2n) is 2.85. The minimum atomic E-state index is -0.537. The lowest BCUT2D eigenvalue weighted by Gasteiger charge is -2.12. The first-order valence-electron chi connectivity index (χ1n) is 3.93.